The van der Waals surface area contributed by atoms with Gasteiger partial charge in [0.25, 0.3) is 0 Å². The van der Waals surface area contributed by atoms with Crippen LogP contribution in [0.4, 0.5) is 0 Å². The van der Waals surface area contributed by atoms with Crippen LogP contribution in [0.25, 0.3) is 0 Å². The van der Waals surface area contributed by atoms with Crippen LogP contribution in [0.2, 0.25) is 0 Å². The Bertz CT molecular complexity index is 232. The van der Waals surface area contributed by atoms with Gasteiger partial charge in [-0.2, -0.15) is 0 Å². The Morgan fingerprint density at radius 3 is 2.70 bits per heavy atom. The Labute approximate surface area is 68.3 Å². The lowest BCUT2D eigenvalue weighted by Gasteiger charge is -2.15. The van der Waals surface area contributed by atoms with E-state index in [2.05, 4.69) is 20.8 Å². The fraction of sp³-hybridized carbons (Fsp3) is 0.556. The number of thiophene rings is 1. The summed E-state index contributed by atoms with van der Waals surface area (Å²) in [6, 6.07) is 2.57. The van der Waals surface area contributed by atoms with E-state index < -0.39 is 0 Å². The molecule has 0 saturated heterocycles. The molecule has 0 unspecified atom stereocenters. The van der Waals surface area contributed by atoms with Gasteiger partial charge in [0.2, 0.25) is 0 Å². The van der Waals surface area contributed by atoms with Gasteiger partial charge in [-0.25, -0.2) is 0 Å². The molecule has 56 valence electrons. The van der Waals surface area contributed by atoms with Gasteiger partial charge < -0.3 is 0 Å². The normalized spacial score (nSPS) is 13.3. The first-order chi connectivity index (χ1) is 4.99. The van der Waals surface area contributed by atoms with Gasteiger partial charge >= 0.3 is 0 Å². The maximum absolute atomic E-state index is 7.54. The van der Waals surface area contributed by atoms with Gasteiger partial charge in [-0.05, 0) is 23.3 Å². The summed E-state index contributed by atoms with van der Waals surface area (Å²) < 4.78 is 7.54. The number of hydrogen-bond donors (Lipinski definition) is 0. The fourth-order valence-electron chi connectivity index (χ4n) is 0.852. The van der Waals surface area contributed by atoms with Gasteiger partial charge in [0.15, 0.2) is 0 Å². The summed E-state index contributed by atoms with van der Waals surface area (Å²) in [5, 5.41) is 1.99. The van der Waals surface area contributed by atoms with Crippen LogP contribution in [0.3, 0.4) is 0 Å². The van der Waals surface area contributed by atoms with Crippen molar-refractivity contribution in [3.63, 3.8) is 0 Å². The lowest BCUT2D eigenvalue weighted by Crippen LogP contribution is -2.07. The van der Waals surface area contributed by atoms with Crippen molar-refractivity contribution < 1.29 is 1.37 Å². The van der Waals surface area contributed by atoms with Crippen LogP contribution < -0.4 is 0 Å². The predicted molar refractivity (Wildman–Crippen MR) is 47.5 cm³/mol. The van der Waals surface area contributed by atoms with Crippen molar-refractivity contribution in [3.8, 4) is 0 Å². The van der Waals surface area contributed by atoms with E-state index in [4.69, 9.17) is 1.37 Å². The molecule has 0 nitrogen and oxygen atoms in total. The first kappa shape index (κ1) is 6.41. The Balaban J connectivity index is 2.72. The second-order valence-corrected chi connectivity index (χ2v) is 4.73. The zero-order valence-electron chi connectivity index (χ0n) is 7.77. The Morgan fingerprint density at radius 1 is 1.60 bits per heavy atom. The summed E-state index contributed by atoms with van der Waals surface area (Å²) in [5.41, 5.74) is 0.306. The summed E-state index contributed by atoms with van der Waals surface area (Å²) in [6.07, 6.45) is 1.02. The summed E-state index contributed by atoms with van der Waals surface area (Å²) in [6.45, 7) is 6.60. The maximum atomic E-state index is 7.54. The van der Waals surface area contributed by atoms with Crippen molar-refractivity contribution >= 4 is 11.3 Å². The molecular formula is C9H14S. The van der Waals surface area contributed by atoms with Crippen molar-refractivity contribution in [1.29, 1.82) is 0 Å². The highest BCUT2D eigenvalue weighted by Gasteiger charge is 2.10. The van der Waals surface area contributed by atoms with Crippen LogP contribution in [0.1, 0.15) is 27.0 Å². The Morgan fingerprint density at radius 2 is 2.30 bits per heavy atom. The second-order valence-electron chi connectivity index (χ2n) is 3.73. The van der Waals surface area contributed by atoms with Crippen LogP contribution in [-0.2, 0) is 6.42 Å². The maximum Gasteiger partial charge on any atom is 0.0634 e. The molecule has 0 N–H and O–H groups in total. The zero-order chi connectivity index (χ0) is 8.48. The summed E-state index contributed by atoms with van der Waals surface area (Å²) >= 11 is 1.69. The highest BCUT2D eigenvalue weighted by atomic mass is 32.1. The molecular weight excluding hydrogens is 140 g/mol. The van der Waals surface area contributed by atoms with Crippen molar-refractivity contribution in [3.05, 3.63) is 22.4 Å². The minimum Gasteiger partial charge on any atom is -0.149 e. The van der Waals surface area contributed by atoms with Gasteiger partial charge in [-0.15, -0.1) is 11.3 Å². The standard InChI is InChI=1S/C9H14S/c1-9(2,3)7-8-5-4-6-10-8/h4-6H,7H2,1-3H3/i5D. The summed E-state index contributed by atoms with van der Waals surface area (Å²) in [7, 11) is 0. The average Bonchev–Trinajstić information content (AvgIpc) is 2.12. The molecule has 10 heavy (non-hydrogen) atoms. The molecule has 1 rings (SSSR count). The van der Waals surface area contributed by atoms with Gasteiger partial charge in [0.05, 0.1) is 1.37 Å². The van der Waals surface area contributed by atoms with Crippen LogP contribution in [0.15, 0.2) is 17.5 Å². The van der Waals surface area contributed by atoms with E-state index in [-0.39, 0.29) is 0 Å². The molecule has 1 heterocycles. The van der Waals surface area contributed by atoms with E-state index in [1.165, 1.54) is 4.88 Å². The van der Waals surface area contributed by atoms with Gasteiger partial charge in [0.1, 0.15) is 0 Å². The summed E-state index contributed by atoms with van der Waals surface area (Å²) in [4.78, 5) is 1.21. The molecule has 0 aromatic carbocycles. The number of hydrogen-bond acceptors (Lipinski definition) is 1. The van der Waals surface area contributed by atoms with E-state index in [0.29, 0.717) is 11.5 Å². The molecule has 1 aromatic heterocycles. The van der Waals surface area contributed by atoms with Crippen LogP contribution in [-0.4, -0.2) is 0 Å². The van der Waals surface area contributed by atoms with Crippen molar-refractivity contribution in [2.75, 3.05) is 0 Å². The molecule has 1 aromatic rings. The SMILES string of the molecule is [2H]c1ccsc1CC(C)(C)C. The Kier molecular flexibility index (Phi) is 1.76. The largest absolute Gasteiger partial charge is 0.149 e. The van der Waals surface area contributed by atoms with Crippen molar-refractivity contribution in [2.45, 2.75) is 27.2 Å². The highest BCUT2D eigenvalue weighted by molar-refractivity contribution is 7.09. The topological polar surface area (TPSA) is 0 Å². The lowest BCUT2D eigenvalue weighted by molar-refractivity contribution is 0.414. The van der Waals surface area contributed by atoms with Crippen LogP contribution >= 0.6 is 11.3 Å². The molecule has 0 aliphatic heterocycles. The highest BCUT2D eigenvalue weighted by Crippen LogP contribution is 2.22. The zero-order valence-corrected chi connectivity index (χ0v) is 7.59. The minimum absolute atomic E-state index is 0.306. The predicted octanol–water partition coefficient (Wildman–Crippen LogP) is 3.34. The molecule has 0 atom stereocenters. The second kappa shape index (κ2) is 2.75. The monoisotopic (exact) mass is 155 g/mol. The third-order valence-corrected chi connectivity index (χ3v) is 2.03. The van der Waals surface area contributed by atoms with Gasteiger partial charge in [0, 0.05) is 4.88 Å². The molecule has 0 radical (unpaired) electrons. The molecule has 0 aliphatic rings. The third-order valence-electron chi connectivity index (χ3n) is 1.21. The van der Waals surface area contributed by atoms with Crippen LogP contribution in [0.5, 0.6) is 0 Å². The lowest BCUT2D eigenvalue weighted by atomic mass is 9.92. The van der Waals surface area contributed by atoms with E-state index in [0.717, 1.165) is 6.42 Å². The molecule has 1 heteroatoms. The number of rotatable bonds is 1. The van der Waals surface area contributed by atoms with E-state index in [1.807, 2.05) is 11.4 Å². The first-order valence-electron chi connectivity index (χ1n) is 4.02. The fourth-order valence-corrected chi connectivity index (χ4v) is 1.80. The average molecular weight is 155 g/mol. The third kappa shape index (κ3) is 2.53. The minimum atomic E-state index is 0.306. The molecule has 0 spiro atoms. The molecule has 0 fully saturated rings. The van der Waals surface area contributed by atoms with Gasteiger partial charge in [-0.3, -0.25) is 0 Å². The molecule has 0 bridgehead atoms. The van der Waals surface area contributed by atoms with Crippen molar-refractivity contribution in [1.82, 2.24) is 0 Å². The molecule has 0 saturated carbocycles. The van der Waals surface area contributed by atoms with Crippen molar-refractivity contribution in [2.24, 2.45) is 5.41 Å². The van der Waals surface area contributed by atoms with E-state index in [1.54, 1.807) is 11.3 Å². The Hall–Kier alpha value is -0.300. The quantitative estimate of drug-likeness (QED) is 0.583. The van der Waals surface area contributed by atoms with E-state index >= 15 is 0 Å². The van der Waals surface area contributed by atoms with Gasteiger partial charge in [-0.1, -0.05) is 26.8 Å². The smallest absolute Gasteiger partial charge is 0.0634 e. The summed E-state index contributed by atoms with van der Waals surface area (Å²) in [5.74, 6) is 0. The molecule has 0 amide bonds. The molecule has 0 aliphatic carbocycles. The van der Waals surface area contributed by atoms with E-state index in [9.17, 15) is 0 Å². The first-order valence-corrected chi connectivity index (χ1v) is 4.40. The van der Waals surface area contributed by atoms with Crippen LogP contribution in [0, 0.1) is 5.41 Å².